The van der Waals surface area contributed by atoms with Crippen LogP contribution in [0, 0.1) is 6.92 Å². The molecule has 1 aromatic heterocycles. The molecule has 2 aromatic rings. The summed E-state index contributed by atoms with van der Waals surface area (Å²) in [7, 11) is 1.96. The molecule has 0 spiro atoms. The van der Waals surface area contributed by atoms with Crippen LogP contribution in [-0.4, -0.2) is 12.0 Å². The van der Waals surface area contributed by atoms with Gasteiger partial charge in [0.05, 0.1) is 15.7 Å². The van der Waals surface area contributed by atoms with Crippen molar-refractivity contribution in [2.45, 2.75) is 19.4 Å². The van der Waals surface area contributed by atoms with Crippen LogP contribution in [0.1, 0.15) is 22.3 Å². The van der Waals surface area contributed by atoms with Gasteiger partial charge < -0.3 is 5.32 Å². The van der Waals surface area contributed by atoms with Gasteiger partial charge in [0.15, 0.2) is 0 Å². The number of nitrogens with one attached hydrogen (secondary N) is 1. The highest BCUT2D eigenvalue weighted by Crippen LogP contribution is 2.27. The van der Waals surface area contributed by atoms with Gasteiger partial charge in [-0.1, -0.05) is 17.7 Å². The molecule has 5 heteroatoms. The van der Waals surface area contributed by atoms with E-state index < -0.39 is 0 Å². The number of rotatable bonds is 4. The molecule has 0 fully saturated rings. The SMILES string of the molecule is CNC(Cc1csc(C)n1)c1ccc(Cl)c(Br)c1. The van der Waals surface area contributed by atoms with Crippen LogP contribution >= 0.6 is 38.9 Å². The first-order chi connectivity index (χ1) is 8.60. The number of hydrogen-bond acceptors (Lipinski definition) is 3. The number of halogens is 2. The van der Waals surface area contributed by atoms with Crippen LogP contribution in [0.3, 0.4) is 0 Å². The van der Waals surface area contributed by atoms with E-state index in [1.54, 1.807) is 11.3 Å². The molecule has 0 aliphatic heterocycles. The van der Waals surface area contributed by atoms with Gasteiger partial charge in [-0.25, -0.2) is 4.98 Å². The second kappa shape index (κ2) is 6.15. The molecular weight excluding hydrogens is 332 g/mol. The third kappa shape index (κ3) is 3.32. The molecule has 0 saturated carbocycles. The Morgan fingerprint density at radius 3 is 2.83 bits per heavy atom. The lowest BCUT2D eigenvalue weighted by Gasteiger charge is -2.16. The average Bonchev–Trinajstić information content (AvgIpc) is 2.75. The van der Waals surface area contributed by atoms with Gasteiger partial charge in [-0.05, 0) is 47.6 Å². The maximum Gasteiger partial charge on any atom is 0.0897 e. The van der Waals surface area contributed by atoms with E-state index in [2.05, 4.69) is 37.7 Å². The molecule has 0 bridgehead atoms. The molecule has 0 aliphatic rings. The maximum atomic E-state index is 6.01. The smallest absolute Gasteiger partial charge is 0.0897 e. The fraction of sp³-hybridized carbons (Fsp3) is 0.308. The Labute approximate surface area is 125 Å². The summed E-state index contributed by atoms with van der Waals surface area (Å²) in [6, 6.07) is 6.27. The zero-order chi connectivity index (χ0) is 13.1. The van der Waals surface area contributed by atoms with E-state index >= 15 is 0 Å². The van der Waals surface area contributed by atoms with Crippen molar-refractivity contribution in [2.75, 3.05) is 7.05 Å². The van der Waals surface area contributed by atoms with Crippen molar-refractivity contribution < 1.29 is 0 Å². The van der Waals surface area contributed by atoms with Crippen LogP contribution in [-0.2, 0) is 6.42 Å². The summed E-state index contributed by atoms with van der Waals surface area (Å²) < 4.78 is 0.927. The zero-order valence-corrected chi connectivity index (χ0v) is 13.4. The summed E-state index contributed by atoms with van der Waals surface area (Å²) in [5.74, 6) is 0. The predicted octanol–water partition coefficient (Wildman–Crippen LogP) is 4.37. The molecule has 2 nitrogen and oxygen atoms in total. The van der Waals surface area contributed by atoms with E-state index in [1.165, 1.54) is 5.56 Å². The lowest BCUT2D eigenvalue weighted by Crippen LogP contribution is -2.19. The second-order valence-corrected chi connectivity index (χ2v) is 6.40. The van der Waals surface area contributed by atoms with E-state index in [-0.39, 0.29) is 6.04 Å². The van der Waals surface area contributed by atoms with Gasteiger partial charge in [-0.2, -0.15) is 0 Å². The van der Waals surface area contributed by atoms with E-state index in [9.17, 15) is 0 Å². The lowest BCUT2D eigenvalue weighted by atomic mass is 10.0. The van der Waals surface area contributed by atoms with Gasteiger partial charge in [0.1, 0.15) is 0 Å². The number of likely N-dealkylation sites (N-methyl/N-ethyl adjacent to an activating group) is 1. The highest BCUT2D eigenvalue weighted by atomic mass is 79.9. The van der Waals surface area contributed by atoms with Crippen molar-refractivity contribution in [3.8, 4) is 0 Å². The quantitative estimate of drug-likeness (QED) is 0.890. The summed E-state index contributed by atoms with van der Waals surface area (Å²) in [5, 5.41) is 7.28. The molecular formula is C13H14BrClN2S. The third-order valence-corrected chi connectivity index (χ3v) is 4.81. The Morgan fingerprint density at radius 2 is 2.28 bits per heavy atom. The Bertz CT molecular complexity index is 542. The molecule has 96 valence electrons. The van der Waals surface area contributed by atoms with Crippen LogP contribution < -0.4 is 5.32 Å². The number of benzene rings is 1. The lowest BCUT2D eigenvalue weighted by molar-refractivity contribution is 0.585. The van der Waals surface area contributed by atoms with E-state index in [0.29, 0.717) is 0 Å². The van der Waals surface area contributed by atoms with Crippen molar-refractivity contribution in [1.82, 2.24) is 10.3 Å². The number of aromatic nitrogens is 1. The van der Waals surface area contributed by atoms with Crippen LogP contribution in [0.2, 0.25) is 5.02 Å². The molecule has 2 rings (SSSR count). The largest absolute Gasteiger partial charge is 0.313 e. The molecule has 1 heterocycles. The average molecular weight is 346 g/mol. The van der Waals surface area contributed by atoms with Crippen molar-refractivity contribution in [3.63, 3.8) is 0 Å². The number of nitrogens with zero attached hydrogens (tertiary/aromatic N) is 1. The molecule has 1 N–H and O–H groups in total. The van der Waals surface area contributed by atoms with Crippen molar-refractivity contribution >= 4 is 38.9 Å². The monoisotopic (exact) mass is 344 g/mol. The summed E-state index contributed by atoms with van der Waals surface area (Å²) in [4.78, 5) is 4.50. The maximum absolute atomic E-state index is 6.01. The molecule has 0 amide bonds. The first-order valence-electron chi connectivity index (χ1n) is 5.63. The van der Waals surface area contributed by atoms with Gasteiger partial charge in [-0.3, -0.25) is 0 Å². The predicted molar refractivity (Wildman–Crippen MR) is 81.5 cm³/mol. The molecule has 0 saturated heterocycles. The van der Waals surface area contributed by atoms with Crippen LogP contribution in [0.4, 0.5) is 0 Å². The minimum atomic E-state index is 0.250. The molecule has 1 aromatic carbocycles. The van der Waals surface area contributed by atoms with Crippen molar-refractivity contribution in [2.24, 2.45) is 0 Å². The summed E-state index contributed by atoms with van der Waals surface area (Å²) >= 11 is 11.2. The Kier molecular flexibility index (Phi) is 4.78. The fourth-order valence-electron chi connectivity index (χ4n) is 1.83. The highest BCUT2D eigenvalue weighted by Gasteiger charge is 2.13. The summed E-state index contributed by atoms with van der Waals surface area (Å²) in [6.45, 7) is 2.03. The first-order valence-corrected chi connectivity index (χ1v) is 7.68. The number of thiazole rings is 1. The molecule has 1 atom stereocenters. The summed E-state index contributed by atoms with van der Waals surface area (Å²) in [6.07, 6.45) is 0.884. The van der Waals surface area contributed by atoms with Gasteiger partial charge in [0.25, 0.3) is 0 Å². The van der Waals surface area contributed by atoms with Crippen LogP contribution in [0.5, 0.6) is 0 Å². The first kappa shape index (κ1) is 14.0. The summed E-state index contributed by atoms with van der Waals surface area (Å²) in [5.41, 5.74) is 2.34. The number of aryl methyl sites for hydroxylation is 1. The Hall–Kier alpha value is -0.420. The van der Waals surface area contributed by atoms with Gasteiger partial charge in [0.2, 0.25) is 0 Å². The Morgan fingerprint density at radius 1 is 1.50 bits per heavy atom. The van der Waals surface area contributed by atoms with Crippen molar-refractivity contribution in [3.05, 3.63) is 49.3 Å². The van der Waals surface area contributed by atoms with E-state index in [0.717, 1.165) is 26.6 Å². The van der Waals surface area contributed by atoms with Gasteiger partial charge in [0, 0.05) is 22.3 Å². The van der Waals surface area contributed by atoms with E-state index in [4.69, 9.17) is 11.6 Å². The Balaban J connectivity index is 2.19. The molecule has 0 radical (unpaired) electrons. The fourth-order valence-corrected chi connectivity index (χ4v) is 2.97. The molecule has 0 aliphatic carbocycles. The van der Waals surface area contributed by atoms with Gasteiger partial charge in [-0.15, -0.1) is 11.3 Å². The van der Waals surface area contributed by atoms with Gasteiger partial charge >= 0.3 is 0 Å². The third-order valence-electron chi connectivity index (χ3n) is 2.77. The second-order valence-electron chi connectivity index (χ2n) is 4.08. The standard InChI is InChI=1S/C13H14BrClN2S/c1-8-17-10(7-18-8)6-13(16-2)9-3-4-12(15)11(14)5-9/h3-5,7,13,16H,6H2,1-2H3. The minimum Gasteiger partial charge on any atom is -0.313 e. The van der Waals surface area contributed by atoms with Crippen molar-refractivity contribution in [1.29, 1.82) is 0 Å². The van der Waals surface area contributed by atoms with E-state index in [1.807, 2.05) is 26.1 Å². The topological polar surface area (TPSA) is 24.9 Å². The van der Waals surface area contributed by atoms with Crippen LogP contribution in [0.25, 0.3) is 0 Å². The van der Waals surface area contributed by atoms with Crippen LogP contribution in [0.15, 0.2) is 28.1 Å². The highest BCUT2D eigenvalue weighted by molar-refractivity contribution is 9.10. The molecule has 1 unspecified atom stereocenters. The minimum absolute atomic E-state index is 0.250. The molecule has 18 heavy (non-hydrogen) atoms. The normalized spacial score (nSPS) is 12.7. The zero-order valence-electron chi connectivity index (χ0n) is 10.2. The number of hydrogen-bond donors (Lipinski definition) is 1.